The molecule has 1 aliphatic rings. The first-order chi connectivity index (χ1) is 10.7. The molecule has 1 heterocycles. The molecule has 1 saturated carbocycles. The number of rotatable bonds is 4. The third-order valence-corrected chi connectivity index (χ3v) is 4.24. The Morgan fingerprint density at radius 3 is 2.48 bits per heavy atom. The van der Waals surface area contributed by atoms with Gasteiger partial charge in [0.1, 0.15) is 0 Å². The van der Waals surface area contributed by atoms with Gasteiger partial charge in [-0.15, -0.1) is 0 Å². The largest absolute Gasteiger partial charge is 0.433 e. The van der Waals surface area contributed by atoms with E-state index in [0.29, 0.717) is 12.8 Å². The molecule has 0 bridgehead atoms. The number of carbonyl (C=O) groups is 1. The topological polar surface area (TPSA) is 67.2 Å². The molecular weight excluding hydrogens is 311 g/mol. The lowest BCUT2D eigenvalue weighted by Gasteiger charge is -2.28. The van der Waals surface area contributed by atoms with Crippen molar-refractivity contribution in [3.8, 4) is 0 Å². The van der Waals surface area contributed by atoms with E-state index >= 15 is 0 Å². The molecule has 0 aromatic carbocycles. The molecule has 8 heteroatoms. The Morgan fingerprint density at radius 1 is 1.39 bits per heavy atom. The molecule has 0 aliphatic heterocycles. The van der Waals surface area contributed by atoms with Crippen LogP contribution >= 0.6 is 0 Å². The van der Waals surface area contributed by atoms with E-state index in [0.717, 1.165) is 23.7 Å². The van der Waals surface area contributed by atoms with E-state index in [-0.39, 0.29) is 18.6 Å². The molecule has 23 heavy (non-hydrogen) atoms. The summed E-state index contributed by atoms with van der Waals surface area (Å²) in [6.07, 6.45) is -0.801. The second-order valence-corrected chi connectivity index (χ2v) is 6.32. The van der Waals surface area contributed by atoms with Crippen LogP contribution in [0.4, 0.5) is 13.2 Å². The number of aromatic nitrogens is 2. The maximum atomic E-state index is 13.3. The molecule has 0 unspecified atom stereocenters. The molecule has 2 rings (SSSR count). The fourth-order valence-electron chi connectivity index (χ4n) is 2.96. The Kier molecular flexibility index (Phi) is 5.33. The minimum absolute atomic E-state index is 0.111. The number of amides is 1. The Hall–Kier alpha value is -1.57. The third-order valence-electron chi connectivity index (χ3n) is 4.24. The van der Waals surface area contributed by atoms with E-state index in [4.69, 9.17) is 5.11 Å². The molecule has 0 radical (unpaired) electrons. The predicted molar refractivity (Wildman–Crippen MR) is 77.9 cm³/mol. The number of nitrogens with zero attached hydrogens (tertiary/aromatic N) is 2. The van der Waals surface area contributed by atoms with E-state index in [1.807, 2.05) is 0 Å². The van der Waals surface area contributed by atoms with E-state index in [1.54, 1.807) is 13.8 Å². The van der Waals surface area contributed by atoms with Crippen LogP contribution in [0.3, 0.4) is 0 Å². The number of nitrogens with one attached hydrogen (secondary N) is 1. The van der Waals surface area contributed by atoms with Crippen molar-refractivity contribution in [2.75, 3.05) is 6.61 Å². The zero-order valence-corrected chi connectivity index (χ0v) is 13.2. The molecule has 0 spiro atoms. The van der Waals surface area contributed by atoms with E-state index < -0.39 is 29.4 Å². The molecule has 0 saturated heterocycles. The molecule has 5 nitrogen and oxygen atoms in total. The summed E-state index contributed by atoms with van der Waals surface area (Å²) in [6.45, 7) is 3.28. The van der Waals surface area contributed by atoms with Gasteiger partial charge in [-0.1, -0.05) is 0 Å². The standard InChI is InChI=1S/C15H22F3N3O2/c1-9(2)21-13(15(16,17)18)12(7-19-21)14(23)20-11-5-3-10(8-22)4-6-11/h7,9-11,22H,3-6,8H2,1-2H3,(H,20,23). The minimum atomic E-state index is -4.64. The van der Waals surface area contributed by atoms with Crippen molar-refractivity contribution in [2.45, 2.75) is 57.8 Å². The van der Waals surface area contributed by atoms with Crippen LogP contribution in [-0.4, -0.2) is 33.4 Å². The zero-order valence-electron chi connectivity index (χ0n) is 13.2. The van der Waals surface area contributed by atoms with E-state index in [9.17, 15) is 18.0 Å². The van der Waals surface area contributed by atoms with Crippen LogP contribution in [0.2, 0.25) is 0 Å². The Bertz CT molecular complexity index is 547. The lowest BCUT2D eigenvalue weighted by atomic mass is 9.86. The fourth-order valence-corrected chi connectivity index (χ4v) is 2.96. The maximum absolute atomic E-state index is 13.3. The average Bonchev–Trinajstić information content (AvgIpc) is 2.93. The number of hydrogen-bond acceptors (Lipinski definition) is 3. The molecule has 1 aliphatic carbocycles. The molecule has 130 valence electrons. The molecule has 1 fully saturated rings. The molecular formula is C15H22F3N3O2. The Labute approximate surface area is 132 Å². The van der Waals surface area contributed by atoms with Gasteiger partial charge in [-0.05, 0) is 45.4 Å². The first kappa shape index (κ1) is 17.8. The lowest BCUT2D eigenvalue weighted by molar-refractivity contribution is -0.145. The molecule has 1 aromatic heterocycles. The zero-order chi connectivity index (χ0) is 17.2. The monoisotopic (exact) mass is 333 g/mol. The van der Waals surface area contributed by atoms with Crippen molar-refractivity contribution < 1.29 is 23.1 Å². The van der Waals surface area contributed by atoms with Gasteiger partial charge in [0.05, 0.1) is 11.8 Å². The summed E-state index contributed by atoms with van der Waals surface area (Å²) in [6, 6.07) is -0.651. The van der Waals surface area contributed by atoms with Crippen LogP contribution in [0, 0.1) is 5.92 Å². The number of aliphatic hydroxyl groups excluding tert-OH is 1. The lowest BCUT2D eigenvalue weighted by Crippen LogP contribution is -2.38. The molecule has 0 atom stereocenters. The number of aliphatic hydroxyl groups is 1. The van der Waals surface area contributed by atoms with Crippen LogP contribution < -0.4 is 5.32 Å². The quantitative estimate of drug-likeness (QED) is 0.890. The smallest absolute Gasteiger partial charge is 0.396 e. The van der Waals surface area contributed by atoms with Crippen LogP contribution in [0.1, 0.15) is 61.6 Å². The summed E-state index contributed by atoms with van der Waals surface area (Å²) in [4.78, 5) is 12.3. The van der Waals surface area contributed by atoms with Gasteiger partial charge in [0, 0.05) is 18.7 Å². The fraction of sp³-hybridized carbons (Fsp3) is 0.733. The van der Waals surface area contributed by atoms with Crippen LogP contribution in [-0.2, 0) is 6.18 Å². The third kappa shape index (κ3) is 4.04. The number of hydrogen-bond donors (Lipinski definition) is 2. The summed E-state index contributed by atoms with van der Waals surface area (Å²) in [5, 5.41) is 15.5. The molecule has 2 N–H and O–H groups in total. The van der Waals surface area contributed by atoms with Crippen LogP contribution in [0.15, 0.2) is 6.20 Å². The van der Waals surface area contributed by atoms with E-state index in [1.165, 1.54) is 0 Å². The number of alkyl halides is 3. The summed E-state index contributed by atoms with van der Waals surface area (Å²) >= 11 is 0. The summed E-state index contributed by atoms with van der Waals surface area (Å²) in [7, 11) is 0. The normalized spacial score (nSPS) is 22.4. The highest BCUT2D eigenvalue weighted by Crippen LogP contribution is 2.34. The predicted octanol–water partition coefficient (Wildman–Crippen LogP) is 2.76. The highest BCUT2D eigenvalue weighted by Gasteiger charge is 2.41. The van der Waals surface area contributed by atoms with Gasteiger partial charge in [-0.3, -0.25) is 9.48 Å². The van der Waals surface area contributed by atoms with Crippen LogP contribution in [0.5, 0.6) is 0 Å². The first-order valence-electron chi connectivity index (χ1n) is 7.80. The highest BCUT2D eigenvalue weighted by molar-refractivity contribution is 5.95. The van der Waals surface area contributed by atoms with Crippen LogP contribution in [0.25, 0.3) is 0 Å². The SMILES string of the molecule is CC(C)n1ncc(C(=O)NC2CCC(CO)CC2)c1C(F)(F)F. The van der Waals surface area contributed by atoms with Gasteiger partial charge >= 0.3 is 6.18 Å². The van der Waals surface area contributed by atoms with Gasteiger partial charge < -0.3 is 10.4 Å². The van der Waals surface area contributed by atoms with Crippen molar-refractivity contribution in [3.05, 3.63) is 17.5 Å². The highest BCUT2D eigenvalue weighted by atomic mass is 19.4. The number of halogens is 3. The first-order valence-corrected chi connectivity index (χ1v) is 7.80. The summed E-state index contributed by atoms with van der Waals surface area (Å²) in [5.74, 6) is -0.519. The van der Waals surface area contributed by atoms with E-state index in [2.05, 4.69) is 10.4 Å². The second kappa shape index (κ2) is 6.90. The minimum Gasteiger partial charge on any atom is -0.396 e. The molecule has 1 amide bonds. The van der Waals surface area contributed by atoms with Gasteiger partial charge in [-0.2, -0.15) is 18.3 Å². The van der Waals surface area contributed by atoms with Gasteiger partial charge in [0.2, 0.25) is 0 Å². The van der Waals surface area contributed by atoms with Crippen molar-refractivity contribution in [1.82, 2.24) is 15.1 Å². The summed E-state index contributed by atoms with van der Waals surface area (Å²) in [5.41, 5.74) is -1.44. The number of carbonyl (C=O) groups excluding carboxylic acids is 1. The van der Waals surface area contributed by atoms with Gasteiger partial charge in [0.15, 0.2) is 5.69 Å². The Balaban J connectivity index is 2.14. The van der Waals surface area contributed by atoms with Crippen molar-refractivity contribution in [1.29, 1.82) is 0 Å². The summed E-state index contributed by atoms with van der Waals surface area (Å²) < 4.78 is 40.6. The van der Waals surface area contributed by atoms with Gasteiger partial charge in [-0.25, -0.2) is 0 Å². The maximum Gasteiger partial charge on any atom is 0.433 e. The van der Waals surface area contributed by atoms with Crippen molar-refractivity contribution in [2.24, 2.45) is 5.92 Å². The molecule has 1 aromatic rings. The van der Waals surface area contributed by atoms with Crippen molar-refractivity contribution in [3.63, 3.8) is 0 Å². The Morgan fingerprint density at radius 2 is 2.00 bits per heavy atom. The average molecular weight is 333 g/mol. The van der Waals surface area contributed by atoms with Crippen molar-refractivity contribution >= 4 is 5.91 Å². The second-order valence-electron chi connectivity index (χ2n) is 6.32. The van der Waals surface area contributed by atoms with Gasteiger partial charge in [0.25, 0.3) is 5.91 Å².